The number of carbonyl (C=O) groups is 2. The van der Waals surface area contributed by atoms with E-state index in [9.17, 15) is 9.59 Å². The van der Waals surface area contributed by atoms with E-state index >= 15 is 0 Å². The molecule has 0 radical (unpaired) electrons. The van der Waals surface area contributed by atoms with E-state index < -0.39 is 5.97 Å². The van der Waals surface area contributed by atoms with Crippen LogP contribution in [0.25, 0.3) is 10.9 Å². The molecule has 0 saturated heterocycles. The molecule has 2 aromatic carbocycles. The van der Waals surface area contributed by atoms with Crippen molar-refractivity contribution < 1.29 is 14.3 Å². The van der Waals surface area contributed by atoms with E-state index in [1.165, 1.54) is 12.0 Å². The van der Waals surface area contributed by atoms with Gasteiger partial charge in [-0.25, -0.2) is 4.98 Å². The summed E-state index contributed by atoms with van der Waals surface area (Å²) in [5.41, 5.74) is 2.96. The number of nitrogens with zero attached hydrogens (tertiary/aromatic N) is 2. The van der Waals surface area contributed by atoms with Gasteiger partial charge in [-0.15, -0.1) is 0 Å². The number of aromatic nitrogens is 1. The molecule has 6 heteroatoms. The number of halogens is 1. The fourth-order valence-electron chi connectivity index (χ4n) is 2.87. The Morgan fingerprint density at radius 1 is 1.11 bits per heavy atom. The first-order valence-electron chi connectivity index (χ1n) is 8.45. The fourth-order valence-corrected chi connectivity index (χ4v) is 3.46. The first-order valence-corrected chi connectivity index (χ1v) is 9.24. The lowest BCUT2D eigenvalue weighted by Crippen LogP contribution is -2.36. The second-order valence-corrected chi connectivity index (χ2v) is 7.13. The van der Waals surface area contributed by atoms with Crippen LogP contribution in [-0.2, 0) is 16.1 Å². The van der Waals surface area contributed by atoms with Gasteiger partial charge in [0.05, 0.1) is 12.6 Å². The molecule has 5 nitrogen and oxygen atoms in total. The topological polar surface area (TPSA) is 59.5 Å². The van der Waals surface area contributed by atoms with Gasteiger partial charge in [0, 0.05) is 16.4 Å². The standard InChI is InChI=1S/C21H19BrN2O3/c1-14-10-17(22)11-16-8-9-18(23-20(14)16)21(26)24(13-19(25)27-2)12-15-6-4-3-5-7-15/h3-11H,12-13H2,1-2H3. The Morgan fingerprint density at radius 3 is 2.56 bits per heavy atom. The van der Waals surface area contributed by atoms with E-state index in [0.717, 1.165) is 26.5 Å². The number of methoxy groups -OCH3 is 1. The monoisotopic (exact) mass is 426 g/mol. The van der Waals surface area contributed by atoms with Crippen LogP contribution < -0.4 is 0 Å². The molecular formula is C21H19BrN2O3. The minimum atomic E-state index is -0.472. The number of pyridine rings is 1. The van der Waals surface area contributed by atoms with Gasteiger partial charge in [-0.3, -0.25) is 9.59 Å². The highest BCUT2D eigenvalue weighted by molar-refractivity contribution is 9.10. The van der Waals surface area contributed by atoms with Crippen LogP contribution in [0.1, 0.15) is 21.6 Å². The number of ether oxygens (including phenoxy) is 1. The number of hydrogen-bond donors (Lipinski definition) is 0. The quantitative estimate of drug-likeness (QED) is 0.575. The molecule has 138 valence electrons. The van der Waals surface area contributed by atoms with E-state index in [0.29, 0.717) is 12.2 Å². The summed E-state index contributed by atoms with van der Waals surface area (Å²) in [5, 5.41) is 0.945. The third-order valence-electron chi connectivity index (χ3n) is 4.22. The number of fused-ring (bicyclic) bond motifs is 1. The SMILES string of the molecule is COC(=O)CN(Cc1ccccc1)C(=O)c1ccc2cc(Br)cc(C)c2n1. The van der Waals surface area contributed by atoms with Crippen molar-refractivity contribution in [3.05, 3.63) is 75.9 Å². The molecule has 0 atom stereocenters. The zero-order valence-corrected chi connectivity index (χ0v) is 16.7. The van der Waals surface area contributed by atoms with Crippen LogP contribution >= 0.6 is 15.9 Å². The van der Waals surface area contributed by atoms with Gasteiger partial charge in [0.25, 0.3) is 5.91 Å². The average molecular weight is 427 g/mol. The van der Waals surface area contributed by atoms with Crippen molar-refractivity contribution in [1.29, 1.82) is 0 Å². The van der Waals surface area contributed by atoms with Crippen LogP contribution in [0.4, 0.5) is 0 Å². The lowest BCUT2D eigenvalue weighted by molar-refractivity contribution is -0.141. The summed E-state index contributed by atoms with van der Waals surface area (Å²) >= 11 is 3.47. The maximum atomic E-state index is 13.1. The number of esters is 1. The van der Waals surface area contributed by atoms with E-state index in [1.807, 2.05) is 55.5 Å². The molecule has 1 aromatic heterocycles. The van der Waals surface area contributed by atoms with Crippen LogP contribution in [0, 0.1) is 6.92 Å². The molecule has 0 fully saturated rings. The van der Waals surface area contributed by atoms with Crippen molar-refractivity contribution in [2.24, 2.45) is 0 Å². The normalized spacial score (nSPS) is 10.6. The summed E-state index contributed by atoms with van der Waals surface area (Å²) in [6.45, 7) is 2.11. The molecule has 0 spiro atoms. The van der Waals surface area contributed by atoms with Crippen LogP contribution in [-0.4, -0.2) is 35.4 Å². The lowest BCUT2D eigenvalue weighted by Gasteiger charge is -2.21. The molecule has 0 unspecified atom stereocenters. The molecule has 3 rings (SSSR count). The Labute approximate surface area is 166 Å². The second kappa shape index (κ2) is 8.31. The second-order valence-electron chi connectivity index (χ2n) is 6.21. The van der Waals surface area contributed by atoms with Gasteiger partial charge in [-0.05, 0) is 36.2 Å². The van der Waals surface area contributed by atoms with Crippen LogP contribution in [0.2, 0.25) is 0 Å². The summed E-state index contributed by atoms with van der Waals surface area (Å²) in [6, 6.07) is 17.0. The third kappa shape index (κ3) is 4.52. The summed E-state index contributed by atoms with van der Waals surface area (Å²) in [4.78, 5) is 30.9. The largest absolute Gasteiger partial charge is 0.468 e. The number of carbonyl (C=O) groups excluding carboxylic acids is 2. The molecule has 1 heterocycles. The van der Waals surface area contributed by atoms with Crippen molar-refractivity contribution in [2.75, 3.05) is 13.7 Å². The molecular weight excluding hydrogens is 408 g/mol. The highest BCUT2D eigenvalue weighted by Crippen LogP contribution is 2.23. The Hall–Kier alpha value is -2.73. The van der Waals surface area contributed by atoms with Crippen LogP contribution in [0.5, 0.6) is 0 Å². The Morgan fingerprint density at radius 2 is 1.85 bits per heavy atom. The first-order chi connectivity index (χ1) is 13.0. The number of amides is 1. The molecule has 0 aliphatic rings. The smallest absolute Gasteiger partial charge is 0.325 e. The summed E-state index contributed by atoms with van der Waals surface area (Å²) in [7, 11) is 1.31. The molecule has 0 bridgehead atoms. The Balaban J connectivity index is 1.95. The summed E-state index contributed by atoms with van der Waals surface area (Å²) in [6.07, 6.45) is 0. The van der Waals surface area contributed by atoms with Gasteiger partial charge < -0.3 is 9.64 Å². The number of benzene rings is 2. The van der Waals surface area contributed by atoms with Gasteiger partial charge >= 0.3 is 5.97 Å². The number of hydrogen-bond acceptors (Lipinski definition) is 4. The van der Waals surface area contributed by atoms with Crippen LogP contribution in [0.15, 0.2) is 59.1 Å². The van der Waals surface area contributed by atoms with Crippen LogP contribution in [0.3, 0.4) is 0 Å². The van der Waals surface area contributed by atoms with Gasteiger partial charge in [0.15, 0.2) is 0 Å². The molecule has 1 amide bonds. The first kappa shape index (κ1) is 19.0. The van der Waals surface area contributed by atoms with Crippen molar-refractivity contribution in [2.45, 2.75) is 13.5 Å². The van der Waals surface area contributed by atoms with Gasteiger partial charge in [0.1, 0.15) is 12.2 Å². The highest BCUT2D eigenvalue weighted by Gasteiger charge is 2.21. The fraction of sp³-hybridized carbons (Fsp3) is 0.190. The Bertz CT molecular complexity index is 989. The predicted molar refractivity (Wildman–Crippen MR) is 107 cm³/mol. The molecule has 0 saturated carbocycles. The van der Waals surface area contributed by atoms with Crippen molar-refractivity contribution in [1.82, 2.24) is 9.88 Å². The minimum absolute atomic E-state index is 0.136. The molecule has 0 aliphatic heterocycles. The van der Waals surface area contributed by atoms with Crippen molar-refractivity contribution >= 4 is 38.7 Å². The van der Waals surface area contributed by atoms with E-state index in [4.69, 9.17) is 4.74 Å². The zero-order chi connectivity index (χ0) is 19.4. The molecule has 27 heavy (non-hydrogen) atoms. The van der Waals surface area contributed by atoms with Gasteiger partial charge in [-0.2, -0.15) is 0 Å². The van der Waals surface area contributed by atoms with E-state index in [1.54, 1.807) is 6.07 Å². The third-order valence-corrected chi connectivity index (χ3v) is 4.68. The zero-order valence-electron chi connectivity index (χ0n) is 15.1. The van der Waals surface area contributed by atoms with E-state index in [2.05, 4.69) is 20.9 Å². The predicted octanol–water partition coefficient (Wildman–Crippen LogP) is 4.12. The highest BCUT2D eigenvalue weighted by atomic mass is 79.9. The minimum Gasteiger partial charge on any atom is -0.468 e. The lowest BCUT2D eigenvalue weighted by atomic mass is 10.1. The van der Waals surface area contributed by atoms with Gasteiger partial charge in [-0.1, -0.05) is 52.3 Å². The maximum absolute atomic E-state index is 13.1. The Kier molecular flexibility index (Phi) is 5.86. The van der Waals surface area contributed by atoms with Crippen molar-refractivity contribution in [3.8, 4) is 0 Å². The number of aryl methyl sites for hydroxylation is 1. The van der Waals surface area contributed by atoms with Crippen molar-refractivity contribution in [3.63, 3.8) is 0 Å². The molecule has 0 N–H and O–H groups in total. The van der Waals surface area contributed by atoms with Gasteiger partial charge in [0.2, 0.25) is 0 Å². The number of rotatable bonds is 5. The molecule has 0 aliphatic carbocycles. The summed E-state index contributed by atoms with van der Waals surface area (Å²) in [5.74, 6) is -0.784. The van der Waals surface area contributed by atoms with E-state index in [-0.39, 0.29) is 12.5 Å². The maximum Gasteiger partial charge on any atom is 0.325 e. The average Bonchev–Trinajstić information content (AvgIpc) is 2.67. The molecule has 3 aromatic rings. The summed E-state index contributed by atoms with van der Waals surface area (Å²) < 4.78 is 5.71.